The van der Waals surface area contributed by atoms with Gasteiger partial charge in [-0.05, 0) is 24.3 Å². The molecule has 4 rings (SSSR count). The molecule has 150 valence electrons. The summed E-state index contributed by atoms with van der Waals surface area (Å²) in [7, 11) is 2.97. The van der Waals surface area contributed by atoms with Gasteiger partial charge in [-0.2, -0.15) is 4.98 Å². The highest BCUT2D eigenvalue weighted by molar-refractivity contribution is 5.98. The van der Waals surface area contributed by atoms with Crippen LogP contribution in [0.25, 0.3) is 11.0 Å². The van der Waals surface area contributed by atoms with Crippen molar-refractivity contribution in [2.24, 2.45) is 0 Å². The van der Waals surface area contributed by atoms with Gasteiger partial charge in [0.2, 0.25) is 11.8 Å². The van der Waals surface area contributed by atoms with Crippen molar-refractivity contribution in [1.82, 2.24) is 14.8 Å². The maximum Gasteiger partial charge on any atom is 0.259 e. The average molecular weight is 395 g/mol. The Labute approximate surface area is 167 Å². The van der Waals surface area contributed by atoms with Crippen LogP contribution in [-0.2, 0) is 0 Å². The molecule has 3 heterocycles. The van der Waals surface area contributed by atoms with Gasteiger partial charge < -0.3 is 23.7 Å². The molecule has 2 aromatic heterocycles. The third-order valence-corrected chi connectivity index (χ3v) is 5.02. The summed E-state index contributed by atoms with van der Waals surface area (Å²) >= 11 is 0. The first-order chi connectivity index (χ1) is 14.1. The van der Waals surface area contributed by atoms with Crippen molar-refractivity contribution in [3.63, 3.8) is 0 Å². The third-order valence-electron chi connectivity index (χ3n) is 5.02. The molecule has 0 saturated carbocycles. The quantitative estimate of drug-likeness (QED) is 0.675. The Balaban J connectivity index is 1.43. The van der Waals surface area contributed by atoms with Crippen molar-refractivity contribution in [2.75, 3.05) is 40.4 Å². The molecule has 0 unspecified atom stereocenters. The van der Waals surface area contributed by atoms with E-state index in [0.29, 0.717) is 48.8 Å². The fraction of sp³-hybridized carbons (Fsp3) is 0.286. The maximum absolute atomic E-state index is 12.9. The van der Waals surface area contributed by atoms with Gasteiger partial charge >= 0.3 is 0 Å². The zero-order chi connectivity index (χ0) is 20.4. The van der Waals surface area contributed by atoms with Crippen LogP contribution in [0.5, 0.6) is 11.8 Å². The summed E-state index contributed by atoms with van der Waals surface area (Å²) in [5, 5.41) is 0.957. The largest absolute Gasteiger partial charge is 0.481 e. The molecule has 29 heavy (non-hydrogen) atoms. The highest BCUT2D eigenvalue weighted by atomic mass is 16.5. The molecule has 1 saturated heterocycles. The van der Waals surface area contributed by atoms with E-state index in [4.69, 9.17) is 13.9 Å². The zero-order valence-corrected chi connectivity index (χ0v) is 16.3. The van der Waals surface area contributed by atoms with Gasteiger partial charge in [0.05, 0.1) is 20.5 Å². The van der Waals surface area contributed by atoms with Crippen molar-refractivity contribution in [1.29, 1.82) is 0 Å². The Morgan fingerprint density at radius 3 is 2.34 bits per heavy atom. The molecule has 3 aromatic rings. The Bertz CT molecular complexity index is 1050. The SMILES string of the molecule is COc1ccc(C(=O)N2CCN(C(=O)c3ccc4ccoc4c3)CC2)c(OC)n1. The number of fused-ring (bicyclic) bond motifs is 1. The molecule has 1 aliphatic heterocycles. The number of benzene rings is 1. The summed E-state index contributed by atoms with van der Waals surface area (Å²) in [6, 6.07) is 10.5. The zero-order valence-electron chi connectivity index (χ0n) is 16.3. The van der Waals surface area contributed by atoms with Crippen molar-refractivity contribution >= 4 is 22.8 Å². The molecule has 1 fully saturated rings. The van der Waals surface area contributed by atoms with Gasteiger partial charge in [-0.3, -0.25) is 9.59 Å². The van der Waals surface area contributed by atoms with E-state index in [1.807, 2.05) is 12.1 Å². The Morgan fingerprint density at radius 1 is 0.931 bits per heavy atom. The van der Waals surface area contributed by atoms with Crippen LogP contribution in [0.3, 0.4) is 0 Å². The number of amides is 2. The van der Waals surface area contributed by atoms with Crippen LogP contribution in [0, 0.1) is 0 Å². The number of ether oxygens (including phenoxy) is 2. The normalized spacial score (nSPS) is 14.1. The van der Waals surface area contributed by atoms with Gasteiger partial charge in [-0.15, -0.1) is 0 Å². The van der Waals surface area contributed by atoms with Gasteiger partial charge in [0.1, 0.15) is 11.1 Å². The minimum Gasteiger partial charge on any atom is -0.481 e. The molecule has 8 heteroatoms. The van der Waals surface area contributed by atoms with Crippen LogP contribution >= 0.6 is 0 Å². The van der Waals surface area contributed by atoms with E-state index in [1.165, 1.54) is 14.2 Å². The third kappa shape index (κ3) is 3.61. The summed E-state index contributed by atoms with van der Waals surface area (Å²) in [5.74, 6) is 0.349. The highest BCUT2D eigenvalue weighted by Crippen LogP contribution is 2.23. The van der Waals surface area contributed by atoms with Crippen LogP contribution in [0.2, 0.25) is 0 Å². The topological polar surface area (TPSA) is 85.1 Å². The van der Waals surface area contributed by atoms with E-state index in [9.17, 15) is 9.59 Å². The number of piperazine rings is 1. The lowest BCUT2D eigenvalue weighted by molar-refractivity contribution is 0.0533. The molecule has 0 bridgehead atoms. The number of methoxy groups -OCH3 is 2. The first-order valence-electron chi connectivity index (χ1n) is 9.25. The van der Waals surface area contributed by atoms with Crippen molar-refractivity contribution in [3.8, 4) is 11.8 Å². The minimum atomic E-state index is -0.180. The lowest BCUT2D eigenvalue weighted by Crippen LogP contribution is -2.50. The van der Waals surface area contributed by atoms with Gasteiger partial charge in [-0.25, -0.2) is 0 Å². The number of hydrogen-bond acceptors (Lipinski definition) is 6. The summed E-state index contributed by atoms with van der Waals surface area (Å²) in [5.41, 5.74) is 1.63. The highest BCUT2D eigenvalue weighted by Gasteiger charge is 2.27. The van der Waals surface area contributed by atoms with Gasteiger partial charge in [0.25, 0.3) is 11.8 Å². The maximum atomic E-state index is 12.9. The number of nitrogens with zero attached hydrogens (tertiary/aromatic N) is 3. The predicted octanol–water partition coefficient (Wildman–Crippen LogP) is 2.44. The number of rotatable bonds is 4. The standard InChI is InChI=1S/C21H21N3O5/c1-27-18-6-5-16(19(22-18)28-2)21(26)24-10-8-23(9-11-24)20(25)15-4-3-14-7-12-29-17(14)13-15/h3-7,12-13H,8-11H2,1-2H3. The average Bonchev–Trinajstić information content (AvgIpc) is 3.25. The Hall–Kier alpha value is -3.55. The molecule has 0 spiro atoms. The van der Waals surface area contributed by atoms with Gasteiger partial charge in [0, 0.05) is 43.2 Å². The van der Waals surface area contributed by atoms with Crippen LogP contribution in [0.4, 0.5) is 0 Å². The number of carbonyl (C=O) groups excluding carboxylic acids is 2. The summed E-state index contributed by atoms with van der Waals surface area (Å²) < 4.78 is 15.7. The minimum absolute atomic E-state index is 0.0703. The molecule has 0 N–H and O–H groups in total. The molecule has 8 nitrogen and oxygen atoms in total. The Morgan fingerprint density at radius 2 is 1.66 bits per heavy atom. The fourth-order valence-electron chi connectivity index (χ4n) is 3.41. The molecule has 0 aliphatic carbocycles. The number of aromatic nitrogens is 1. The molecule has 0 radical (unpaired) electrons. The van der Waals surface area contributed by atoms with Crippen molar-refractivity contribution in [3.05, 3.63) is 53.8 Å². The van der Waals surface area contributed by atoms with Crippen LogP contribution in [-0.4, -0.2) is 67.0 Å². The second kappa shape index (κ2) is 7.83. The number of furan rings is 1. The van der Waals surface area contributed by atoms with E-state index in [2.05, 4.69) is 4.98 Å². The first-order valence-corrected chi connectivity index (χ1v) is 9.25. The molecular weight excluding hydrogens is 374 g/mol. The second-order valence-corrected chi connectivity index (χ2v) is 6.67. The molecule has 0 atom stereocenters. The second-order valence-electron chi connectivity index (χ2n) is 6.67. The van der Waals surface area contributed by atoms with Crippen LogP contribution in [0.15, 0.2) is 47.1 Å². The van der Waals surface area contributed by atoms with Crippen LogP contribution < -0.4 is 9.47 Å². The van der Waals surface area contributed by atoms with E-state index in [1.54, 1.807) is 40.3 Å². The predicted molar refractivity (Wildman–Crippen MR) is 105 cm³/mol. The van der Waals surface area contributed by atoms with E-state index in [0.717, 1.165) is 5.39 Å². The van der Waals surface area contributed by atoms with Crippen molar-refractivity contribution < 1.29 is 23.5 Å². The van der Waals surface area contributed by atoms with Crippen LogP contribution in [0.1, 0.15) is 20.7 Å². The van der Waals surface area contributed by atoms with E-state index >= 15 is 0 Å². The molecule has 1 aromatic carbocycles. The number of hydrogen-bond donors (Lipinski definition) is 0. The molecule has 1 aliphatic rings. The molecule has 2 amide bonds. The van der Waals surface area contributed by atoms with Gasteiger partial charge in [-0.1, -0.05) is 6.07 Å². The number of pyridine rings is 1. The summed E-state index contributed by atoms with van der Waals surface area (Å²) in [4.78, 5) is 33.3. The smallest absolute Gasteiger partial charge is 0.259 e. The monoisotopic (exact) mass is 395 g/mol. The fourth-order valence-corrected chi connectivity index (χ4v) is 3.41. The summed E-state index contributed by atoms with van der Waals surface area (Å²) in [6.45, 7) is 1.77. The summed E-state index contributed by atoms with van der Waals surface area (Å²) in [6.07, 6.45) is 1.60. The lowest BCUT2D eigenvalue weighted by Gasteiger charge is -2.35. The Kier molecular flexibility index (Phi) is 5.07. The van der Waals surface area contributed by atoms with Gasteiger partial charge in [0.15, 0.2) is 0 Å². The first kappa shape index (κ1) is 18.8. The lowest BCUT2D eigenvalue weighted by atomic mass is 10.1. The molecular formula is C21H21N3O5. The van der Waals surface area contributed by atoms with E-state index in [-0.39, 0.29) is 17.7 Å². The number of carbonyl (C=O) groups is 2. The van der Waals surface area contributed by atoms with Crippen molar-refractivity contribution in [2.45, 2.75) is 0 Å². The van der Waals surface area contributed by atoms with E-state index < -0.39 is 0 Å².